The Labute approximate surface area is 254 Å². The zero-order valence-electron chi connectivity index (χ0n) is 23.3. The highest BCUT2D eigenvalue weighted by Gasteiger charge is 2.34. The summed E-state index contributed by atoms with van der Waals surface area (Å²) in [5.74, 6) is 0.0591. The number of phenolic OH excluding ortho intramolecular Hbond substituents is 2. The molecule has 0 saturated carbocycles. The van der Waals surface area contributed by atoms with Gasteiger partial charge in [-0.1, -0.05) is 54.2 Å². The molecule has 5 aromatic carbocycles. The Morgan fingerprint density at radius 2 is 1.05 bits per heavy atom. The SMILES string of the molecule is O=C1c2ccc(Sc3ccccc3)cc2C(=O)c2c(NCCc3ccc(O)cc3)ccc(NCCc3ccc(O)cc3)c21. The number of carbonyl (C=O) groups excluding carboxylic acids is 2. The molecule has 0 aliphatic heterocycles. The fourth-order valence-electron chi connectivity index (χ4n) is 5.24. The number of ketones is 2. The van der Waals surface area contributed by atoms with Crippen molar-refractivity contribution in [2.75, 3.05) is 23.7 Å². The third kappa shape index (κ3) is 6.27. The Kier molecular flexibility index (Phi) is 8.16. The molecule has 0 aromatic heterocycles. The second kappa shape index (κ2) is 12.5. The Morgan fingerprint density at radius 1 is 0.535 bits per heavy atom. The molecule has 214 valence electrons. The minimum absolute atomic E-state index is 0.185. The topological polar surface area (TPSA) is 98.7 Å². The van der Waals surface area contributed by atoms with Crippen molar-refractivity contribution in [3.05, 3.63) is 143 Å². The van der Waals surface area contributed by atoms with Crippen LogP contribution in [-0.4, -0.2) is 34.9 Å². The van der Waals surface area contributed by atoms with E-state index in [1.54, 1.807) is 42.1 Å². The Bertz CT molecular complexity index is 1790. The van der Waals surface area contributed by atoms with Crippen molar-refractivity contribution < 1.29 is 19.8 Å². The molecule has 0 radical (unpaired) electrons. The third-order valence-corrected chi connectivity index (χ3v) is 8.45. The molecule has 0 heterocycles. The molecular weight excluding hydrogens is 556 g/mol. The molecule has 1 aliphatic carbocycles. The van der Waals surface area contributed by atoms with Crippen LogP contribution in [0.4, 0.5) is 11.4 Å². The van der Waals surface area contributed by atoms with Gasteiger partial charge in [-0.05, 0) is 90.7 Å². The normalized spacial score (nSPS) is 12.0. The van der Waals surface area contributed by atoms with E-state index in [9.17, 15) is 19.8 Å². The van der Waals surface area contributed by atoms with Gasteiger partial charge < -0.3 is 20.8 Å². The first-order chi connectivity index (χ1) is 21.0. The quantitative estimate of drug-likeness (QED) is 0.133. The van der Waals surface area contributed by atoms with E-state index in [2.05, 4.69) is 10.6 Å². The molecule has 4 N–H and O–H groups in total. The van der Waals surface area contributed by atoms with Crippen LogP contribution in [0.3, 0.4) is 0 Å². The van der Waals surface area contributed by atoms with Gasteiger partial charge >= 0.3 is 0 Å². The van der Waals surface area contributed by atoms with E-state index in [0.717, 1.165) is 20.9 Å². The molecule has 0 unspecified atom stereocenters. The number of rotatable bonds is 10. The second-order valence-corrected chi connectivity index (χ2v) is 11.5. The summed E-state index contributed by atoms with van der Waals surface area (Å²) in [6, 6.07) is 33.2. The van der Waals surface area contributed by atoms with Crippen molar-refractivity contribution in [1.29, 1.82) is 0 Å². The largest absolute Gasteiger partial charge is 0.508 e. The highest BCUT2D eigenvalue weighted by atomic mass is 32.2. The van der Waals surface area contributed by atoms with Crippen LogP contribution in [0.15, 0.2) is 119 Å². The Balaban J connectivity index is 1.30. The number of anilines is 2. The zero-order chi connectivity index (χ0) is 29.8. The molecule has 6 rings (SSSR count). The van der Waals surface area contributed by atoms with Crippen molar-refractivity contribution in [3.63, 3.8) is 0 Å². The van der Waals surface area contributed by atoms with Crippen LogP contribution in [0.25, 0.3) is 0 Å². The molecule has 5 aromatic rings. The van der Waals surface area contributed by atoms with Gasteiger partial charge in [-0.15, -0.1) is 0 Å². The number of aromatic hydroxyl groups is 2. The summed E-state index contributed by atoms with van der Waals surface area (Å²) in [6.45, 7) is 1.09. The predicted octanol–water partition coefficient (Wildman–Crippen LogP) is 7.33. The van der Waals surface area contributed by atoms with Gasteiger partial charge in [-0.2, -0.15) is 0 Å². The van der Waals surface area contributed by atoms with Crippen LogP contribution in [-0.2, 0) is 12.8 Å². The summed E-state index contributed by atoms with van der Waals surface area (Å²) in [4.78, 5) is 30.1. The number of hydrogen-bond acceptors (Lipinski definition) is 7. The zero-order valence-corrected chi connectivity index (χ0v) is 24.2. The van der Waals surface area contributed by atoms with Crippen molar-refractivity contribution in [2.45, 2.75) is 22.6 Å². The molecule has 6 nitrogen and oxygen atoms in total. The predicted molar refractivity (Wildman–Crippen MR) is 171 cm³/mol. The fraction of sp³-hybridized carbons (Fsp3) is 0.111. The van der Waals surface area contributed by atoms with Gasteiger partial charge in [-0.3, -0.25) is 9.59 Å². The molecule has 1 aliphatic rings. The molecule has 0 atom stereocenters. The lowest BCUT2D eigenvalue weighted by Gasteiger charge is -2.24. The van der Waals surface area contributed by atoms with Crippen molar-refractivity contribution in [2.24, 2.45) is 0 Å². The van der Waals surface area contributed by atoms with E-state index in [4.69, 9.17) is 0 Å². The summed E-state index contributed by atoms with van der Waals surface area (Å²) in [6.07, 6.45) is 1.36. The third-order valence-electron chi connectivity index (χ3n) is 7.45. The first-order valence-electron chi connectivity index (χ1n) is 14.1. The number of nitrogens with one attached hydrogen (secondary N) is 2. The van der Waals surface area contributed by atoms with Crippen molar-refractivity contribution in [3.8, 4) is 11.5 Å². The Morgan fingerprint density at radius 3 is 1.58 bits per heavy atom. The van der Waals surface area contributed by atoms with Crippen LogP contribution in [0.5, 0.6) is 11.5 Å². The summed E-state index contributed by atoms with van der Waals surface area (Å²) >= 11 is 1.55. The van der Waals surface area contributed by atoms with Crippen LogP contribution in [0.1, 0.15) is 43.0 Å². The van der Waals surface area contributed by atoms with Gasteiger partial charge in [-0.25, -0.2) is 0 Å². The number of fused-ring (bicyclic) bond motifs is 2. The monoisotopic (exact) mass is 586 g/mol. The standard InChI is InChI=1S/C36H30N2O4S/c39-25-10-6-23(7-11-25)18-20-37-31-16-17-32(38-21-19-24-8-12-26(40)13-9-24)34-33(31)35(41)29-15-14-28(22-30(29)36(34)42)43-27-4-2-1-3-5-27/h1-17,22,37-40H,18-21H2. The highest BCUT2D eigenvalue weighted by Crippen LogP contribution is 2.39. The van der Waals surface area contributed by atoms with E-state index in [1.807, 2.05) is 78.9 Å². The van der Waals surface area contributed by atoms with Gasteiger partial charge in [0.2, 0.25) is 0 Å². The first-order valence-corrected chi connectivity index (χ1v) is 14.9. The Hall–Kier alpha value is -5.01. The fourth-order valence-corrected chi connectivity index (χ4v) is 6.12. The number of benzene rings is 5. The molecule has 43 heavy (non-hydrogen) atoms. The maximum absolute atomic E-state index is 14.1. The second-order valence-electron chi connectivity index (χ2n) is 10.4. The van der Waals surface area contributed by atoms with Crippen molar-refractivity contribution in [1.82, 2.24) is 0 Å². The first kappa shape index (κ1) is 28.1. The maximum Gasteiger partial charge on any atom is 0.196 e. The molecule has 0 bridgehead atoms. The van der Waals surface area contributed by atoms with Gasteiger partial charge in [0, 0.05) is 45.4 Å². The number of carbonyl (C=O) groups is 2. The maximum atomic E-state index is 14.1. The summed E-state index contributed by atoms with van der Waals surface area (Å²) in [7, 11) is 0. The average molecular weight is 587 g/mol. The van der Waals surface area contributed by atoms with Crippen LogP contribution >= 0.6 is 11.8 Å². The van der Waals surface area contributed by atoms with E-state index in [0.29, 0.717) is 59.6 Å². The van der Waals surface area contributed by atoms with Crippen LogP contribution < -0.4 is 10.6 Å². The smallest absolute Gasteiger partial charge is 0.196 e. The lowest BCUT2D eigenvalue weighted by Crippen LogP contribution is -2.25. The van der Waals surface area contributed by atoms with Crippen LogP contribution in [0, 0.1) is 0 Å². The minimum atomic E-state index is -0.186. The van der Waals surface area contributed by atoms with Gasteiger partial charge in [0.05, 0.1) is 11.1 Å². The van der Waals surface area contributed by atoms with Gasteiger partial charge in [0.15, 0.2) is 11.6 Å². The minimum Gasteiger partial charge on any atom is -0.508 e. The lowest BCUT2D eigenvalue weighted by molar-refractivity contribution is 0.0980. The van der Waals surface area contributed by atoms with Crippen LogP contribution in [0.2, 0.25) is 0 Å². The van der Waals surface area contributed by atoms with E-state index in [1.165, 1.54) is 0 Å². The van der Waals surface area contributed by atoms with E-state index >= 15 is 0 Å². The average Bonchev–Trinajstić information content (AvgIpc) is 3.02. The lowest BCUT2D eigenvalue weighted by atomic mass is 9.82. The molecule has 0 fully saturated rings. The number of hydrogen-bond donors (Lipinski definition) is 4. The molecular formula is C36H30N2O4S. The molecule has 7 heteroatoms. The molecule has 0 spiro atoms. The summed E-state index contributed by atoms with van der Waals surface area (Å²) in [5, 5.41) is 25.9. The highest BCUT2D eigenvalue weighted by molar-refractivity contribution is 7.99. The van der Waals surface area contributed by atoms with E-state index in [-0.39, 0.29) is 23.1 Å². The van der Waals surface area contributed by atoms with Crippen molar-refractivity contribution >= 4 is 34.7 Å². The molecule has 0 amide bonds. The van der Waals surface area contributed by atoms with E-state index < -0.39 is 0 Å². The summed E-state index contributed by atoms with van der Waals surface area (Å²) in [5.41, 5.74) is 4.87. The molecule has 0 saturated heterocycles. The summed E-state index contributed by atoms with van der Waals surface area (Å²) < 4.78 is 0. The number of phenols is 2. The van der Waals surface area contributed by atoms with Gasteiger partial charge in [0.1, 0.15) is 11.5 Å². The van der Waals surface area contributed by atoms with Gasteiger partial charge in [0.25, 0.3) is 0 Å².